The van der Waals surface area contributed by atoms with Gasteiger partial charge >= 0.3 is 0 Å². The number of aromatic nitrogens is 1. The summed E-state index contributed by atoms with van der Waals surface area (Å²) in [6, 6.07) is 5.31. The number of fused-ring (bicyclic) bond motifs is 1. The summed E-state index contributed by atoms with van der Waals surface area (Å²) in [7, 11) is 0. The first-order valence-electron chi connectivity index (χ1n) is 7.38. The molecule has 1 aromatic rings. The van der Waals surface area contributed by atoms with Gasteiger partial charge in [-0.2, -0.15) is 0 Å². The molecule has 0 aromatic carbocycles. The highest BCUT2D eigenvalue weighted by Crippen LogP contribution is 2.20. The number of hydrogen-bond donors (Lipinski definition) is 2. The van der Waals surface area contributed by atoms with E-state index in [1.54, 1.807) is 0 Å². The molecule has 0 unspecified atom stereocenters. The number of unbranched alkanes of at least 4 members (excludes halogenated alkanes) is 1. The third-order valence-electron chi connectivity index (χ3n) is 3.82. The second-order valence-electron chi connectivity index (χ2n) is 5.53. The Kier molecular flexibility index (Phi) is 3.79. The van der Waals surface area contributed by atoms with Crippen molar-refractivity contribution >= 4 is 5.82 Å². The zero-order chi connectivity index (χ0) is 12.2. The standard InChI is InChI=1S/C15H23N3.H2/c1(2-10-16-13-8-9-13)5-14-7-6-12-4-3-11-17-15(12)18-14;/h6-7,13,16H,1-5,8-11H2,(H,17,18);1H. The topological polar surface area (TPSA) is 37.0 Å². The Morgan fingerprint density at radius 3 is 3.17 bits per heavy atom. The van der Waals surface area contributed by atoms with E-state index in [0.29, 0.717) is 0 Å². The van der Waals surface area contributed by atoms with Crippen LogP contribution in [0.1, 0.15) is 44.8 Å². The van der Waals surface area contributed by atoms with Gasteiger partial charge in [-0.25, -0.2) is 4.98 Å². The van der Waals surface area contributed by atoms with E-state index in [9.17, 15) is 0 Å². The van der Waals surface area contributed by atoms with Gasteiger partial charge in [-0.1, -0.05) is 6.07 Å². The van der Waals surface area contributed by atoms with E-state index < -0.39 is 0 Å². The van der Waals surface area contributed by atoms with Crippen LogP contribution in [-0.2, 0) is 12.8 Å². The van der Waals surface area contributed by atoms with Crippen LogP contribution in [0.4, 0.5) is 5.82 Å². The molecule has 1 fully saturated rings. The van der Waals surface area contributed by atoms with E-state index in [-0.39, 0.29) is 1.43 Å². The van der Waals surface area contributed by atoms with Gasteiger partial charge in [-0.15, -0.1) is 0 Å². The summed E-state index contributed by atoms with van der Waals surface area (Å²) >= 11 is 0. The van der Waals surface area contributed by atoms with E-state index in [0.717, 1.165) is 24.8 Å². The van der Waals surface area contributed by atoms with Crippen LogP contribution in [0.25, 0.3) is 0 Å². The Bertz CT molecular complexity index is 404. The van der Waals surface area contributed by atoms with Gasteiger partial charge in [-0.3, -0.25) is 0 Å². The molecule has 3 rings (SSSR count). The maximum Gasteiger partial charge on any atom is 0.129 e. The number of nitrogens with one attached hydrogen (secondary N) is 2. The highest BCUT2D eigenvalue weighted by atomic mass is 15.0. The third-order valence-corrected chi connectivity index (χ3v) is 3.82. The molecule has 100 valence electrons. The van der Waals surface area contributed by atoms with Crippen molar-refractivity contribution in [1.82, 2.24) is 10.3 Å². The van der Waals surface area contributed by atoms with E-state index >= 15 is 0 Å². The molecule has 0 bridgehead atoms. The van der Waals surface area contributed by atoms with Gasteiger partial charge in [0.05, 0.1) is 0 Å². The smallest absolute Gasteiger partial charge is 0.129 e. The normalized spacial score (nSPS) is 18.2. The molecule has 1 saturated carbocycles. The molecule has 3 heteroatoms. The molecule has 0 saturated heterocycles. The van der Waals surface area contributed by atoms with Gasteiger partial charge in [0, 0.05) is 19.7 Å². The van der Waals surface area contributed by atoms with Crippen molar-refractivity contribution in [3.05, 3.63) is 23.4 Å². The Morgan fingerprint density at radius 2 is 2.28 bits per heavy atom. The Morgan fingerprint density at radius 1 is 1.33 bits per heavy atom. The van der Waals surface area contributed by atoms with Crippen molar-refractivity contribution in [3.8, 4) is 0 Å². The van der Waals surface area contributed by atoms with E-state index in [1.165, 1.54) is 56.3 Å². The molecule has 18 heavy (non-hydrogen) atoms. The molecule has 2 N–H and O–H groups in total. The van der Waals surface area contributed by atoms with Crippen LogP contribution in [0, 0.1) is 0 Å². The van der Waals surface area contributed by atoms with E-state index in [4.69, 9.17) is 4.98 Å². The lowest BCUT2D eigenvalue weighted by Gasteiger charge is -2.17. The Balaban J connectivity index is 0.00000133. The molecular formula is C15H25N3. The van der Waals surface area contributed by atoms with E-state index in [1.807, 2.05) is 0 Å². The molecule has 1 aliphatic heterocycles. The van der Waals surface area contributed by atoms with Crippen LogP contribution in [0.3, 0.4) is 0 Å². The predicted octanol–water partition coefficient (Wildman–Crippen LogP) is 2.76. The SMILES string of the molecule is [HH].c1cc2c(nc1CCCCNC1CC1)NCCC2. The van der Waals surface area contributed by atoms with Crippen molar-refractivity contribution in [1.29, 1.82) is 0 Å². The fraction of sp³-hybridized carbons (Fsp3) is 0.667. The highest BCUT2D eigenvalue weighted by molar-refractivity contribution is 5.46. The lowest BCUT2D eigenvalue weighted by Crippen LogP contribution is -2.17. The molecule has 0 amide bonds. The fourth-order valence-electron chi connectivity index (χ4n) is 2.53. The number of rotatable bonds is 6. The quantitative estimate of drug-likeness (QED) is 0.759. The molecule has 0 radical (unpaired) electrons. The molecule has 0 atom stereocenters. The van der Waals surface area contributed by atoms with Crippen molar-refractivity contribution in [2.24, 2.45) is 0 Å². The fourth-order valence-corrected chi connectivity index (χ4v) is 2.53. The molecule has 3 nitrogen and oxygen atoms in total. The van der Waals surface area contributed by atoms with Crippen molar-refractivity contribution in [2.45, 2.75) is 51.0 Å². The Labute approximate surface area is 111 Å². The second kappa shape index (κ2) is 5.70. The molecule has 1 aliphatic carbocycles. The summed E-state index contributed by atoms with van der Waals surface area (Å²) in [6.07, 6.45) is 8.81. The second-order valence-corrected chi connectivity index (χ2v) is 5.53. The van der Waals surface area contributed by atoms with Crippen LogP contribution in [-0.4, -0.2) is 24.1 Å². The molecule has 2 aliphatic rings. The van der Waals surface area contributed by atoms with Crippen molar-refractivity contribution < 1.29 is 1.43 Å². The monoisotopic (exact) mass is 247 g/mol. The number of anilines is 1. The minimum atomic E-state index is 0. The summed E-state index contributed by atoms with van der Waals surface area (Å²) in [5.41, 5.74) is 2.63. The van der Waals surface area contributed by atoms with Crippen LogP contribution in [0.15, 0.2) is 12.1 Å². The van der Waals surface area contributed by atoms with Gasteiger partial charge < -0.3 is 10.6 Å². The average molecular weight is 247 g/mol. The average Bonchev–Trinajstić information content (AvgIpc) is 3.22. The first kappa shape index (κ1) is 12.0. The third kappa shape index (κ3) is 3.22. The maximum atomic E-state index is 4.73. The number of nitrogens with zero attached hydrogens (tertiary/aromatic N) is 1. The number of pyridine rings is 1. The minimum Gasteiger partial charge on any atom is -0.370 e. The van der Waals surface area contributed by atoms with E-state index in [2.05, 4.69) is 22.8 Å². The summed E-state index contributed by atoms with van der Waals surface area (Å²) in [4.78, 5) is 4.73. The minimum absolute atomic E-state index is 0. The van der Waals surface area contributed by atoms with Crippen LogP contribution >= 0.6 is 0 Å². The molecule has 0 spiro atoms. The first-order chi connectivity index (χ1) is 8.92. The van der Waals surface area contributed by atoms with Crippen LogP contribution in [0.2, 0.25) is 0 Å². The predicted molar refractivity (Wildman–Crippen MR) is 77.1 cm³/mol. The lowest BCUT2D eigenvalue weighted by molar-refractivity contribution is 0.616. The lowest BCUT2D eigenvalue weighted by atomic mass is 10.1. The number of aryl methyl sites for hydroxylation is 2. The summed E-state index contributed by atoms with van der Waals surface area (Å²) in [5.74, 6) is 1.13. The maximum absolute atomic E-state index is 4.73. The summed E-state index contributed by atoms with van der Waals surface area (Å²) < 4.78 is 0. The van der Waals surface area contributed by atoms with Crippen molar-refractivity contribution in [2.75, 3.05) is 18.4 Å². The Hall–Kier alpha value is -1.09. The van der Waals surface area contributed by atoms with Crippen molar-refractivity contribution in [3.63, 3.8) is 0 Å². The first-order valence-corrected chi connectivity index (χ1v) is 7.38. The molecule has 2 heterocycles. The van der Waals surface area contributed by atoms with Gasteiger partial charge in [0.15, 0.2) is 0 Å². The van der Waals surface area contributed by atoms with Gasteiger partial charge in [0.2, 0.25) is 0 Å². The zero-order valence-electron chi connectivity index (χ0n) is 11.0. The van der Waals surface area contributed by atoms with Crippen LogP contribution in [0.5, 0.6) is 0 Å². The summed E-state index contributed by atoms with van der Waals surface area (Å²) in [5, 5.41) is 6.96. The van der Waals surface area contributed by atoms with Gasteiger partial charge in [-0.05, 0) is 63.1 Å². The van der Waals surface area contributed by atoms with Crippen LogP contribution < -0.4 is 10.6 Å². The number of hydrogen-bond acceptors (Lipinski definition) is 3. The zero-order valence-corrected chi connectivity index (χ0v) is 11.0. The summed E-state index contributed by atoms with van der Waals surface area (Å²) in [6.45, 7) is 2.25. The largest absolute Gasteiger partial charge is 0.370 e. The molecule has 1 aromatic heterocycles. The van der Waals surface area contributed by atoms with Gasteiger partial charge in [0.25, 0.3) is 0 Å². The highest BCUT2D eigenvalue weighted by Gasteiger charge is 2.19. The van der Waals surface area contributed by atoms with Gasteiger partial charge in [0.1, 0.15) is 5.82 Å². The molecular weight excluding hydrogens is 222 g/mol.